The summed E-state index contributed by atoms with van der Waals surface area (Å²) in [6.07, 6.45) is 3.21. The Labute approximate surface area is 81.1 Å². The van der Waals surface area contributed by atoms with Gasteiger partial charge < -0.3 is 10.2 Å². The van der Waals surface area contributed by atoms with E-state index in [2.05, 4.69) is 9.98 Å². The van der Waals surface area contributed by atoms with Gasteiger partial charge in [-0.1, -0.05) is 6.07 Å². The van der Waals surface area contributed by atoms with Crippen molar-refractivity contribution in [3.05, 3.63) is 48.6 Å². The Balaban J connectivity index is 2.28. The van der Waals surface area contributed by atoms with Crippen molar-refractivity contribution in [3.8, 4) is 0 Å². The molecule has 0 aliphatic rings. The topological polar surface area (TPSA) is 64.4 Å². The van der Waals surface area contributed by atoms with Crippen LogP contribution in [0, 0.1) is 0 Å². The summed E-state index contributed by atoms with van der Waals surface area (Å²) < 4.78 is 5.08. The fourth-order valence-corrected chi connectivity index (χ4v) is 1.02. The Morgan fingerprint density at radius 2 is 2.21 bits per heavy atom. The van der Waals surface area contributed by atoms with Gasteiger partial charge in [-0.3, -0.25) is 0 Å². The second-order valence-electron chi connectivity index (χ2n) is 2.66. The van der Waals surface area contributed by atoms with Crippen LogP contribution >= 0.6 is 0 Å². The predicted octanol–water partition coefficient (Wildman–Crippen LogP) is 1.71. The van der Waals surface area contributed by atoms with E-state index in [4.69, 9.17) is 10.2 Å². The van der Waals surface area contributed by atoms with E-state index in [0.717, 1.165) is 0 Å². The van der Waals surface area contributed by atoms with Crippen molar-refractivity contribution in [2.24, 2.45) is 10.7 Å². The van der Waals surface area contributed by atoms with Crippen LogP contribution in [0.4, 0.5) is 5.82 Å². The maximum atomic E-state index is 5.69. The summed E-state index contributed by atoms with van der Waals surface area (Å²) in [5, 5.41) is 0. The van der Waals surface area contributed by atoms with Crippen LogP contribution in [-0.2, 0) is 0 Å². The lowest BCUT2D eigenvalue weighted by Crippen LogP contribution is -2.11. The van der Waals surface area contributed by atoms with Gasteiger partial charge in [0.15, 0.2) is 17.4 Å². The van der Waals surface area contributed by atoms with E-state index in [9.17, 15) is 0 Å². The molecule has 0 atom stereocenters. The van der Waals surface area contributed by atoms with E-state index in [1.54, 1.807) is 30.7 Å². The average molecular weight is 187 g/mol. The van der Waals surface area contributed by atoms with Gasteiger partial charge in [-0.05, 0) is 24.3 Å². The van der Waals surface area contributed by atoms with E-state index in [1.165, 1.54) is 0 Å². The van der Waals surface area contributed by atoms with Crippen LogP contribution in [0.15, 0.2) is 52.2 Å². The van der Waals surface area contributed by atoms with Crippen molar-refractivity contribution in [1.82, 2.24) is 4.98 Å². The van der Waals surface area contributed by atoms with Crippen LogP contribution < -0.4 is 5.73 Å². The molecule has 2 heterocycles. The first-order valence-electron chi connectivity index (χ1n) is 4.15. The zero-order chi connectivity index (χ0) is 9.80. The minimum absolute atomic E-state index is 0.328. The fraction of sp³-hybridized carbons (Fsp3) is 0. The summed E-state index contributed by atoms with van der Waals surface area (Å²) in [7, 11) is 0. The monoisotopic (exact) mass is 187 g/mol. The maximum absolute atomic E-state index is 5.69. The minimum Gasteiger partial charge on any atom is -0.461 e. The first-order valence-corrected chi connectivity index (χ1v) is 4.15. The van der Waals surface area contributed by atoms with Gasteiger partial charge in [0.1, 0.15) is 0 Å². The summed E-state index contributed by atoms with van der Waals surface area (Å²) in [5.41, 5.74) is 5.69. The van der Waals surface area contributed by atoms with Gasteiger partial charge in [-0.15, -0.1) is 0 Å². The molecule has 2 aromatic heterocycles. The molecule has 0 saturated heterocycles. The molecule has 4 nitrogen and oxygen atoms in total. The molecular formula is C10H9N3O. The van der Waals surface area contributed by atoms with Gasteiger partial charge in [0.2, 0.25) is 0 Å². The lowest BCUT2D eigenvalue weighted by atomic mass is 10.4. The van der Waals surface area contributed by atoms with E-state index < -0.39 is 0 Å². The number of rotatable bonds is 2. The van der Waals surface area contributed by atoms with Gasteiger partial charge in [0.25, 0.3) is 0 Å². The quantitative estimate of drug-likeness (QED) is 0.575. The molecule has 0 radical (unpaired) electrons. The van der Waals surface area contributed by atoms with Gasteiger partial charge in [-0.25, -0.2) is 9.98 Å². The summed E-state index contributed by atoms with van der Waals surface area (Å²) in [5.74, 6) is 1.45. The Morgan fingerprint density at radius 1 is 1.29 bits per heavy atom. The third kappa shape index (κ3) is 1.80. The van der Waals surface area contributed by atoms with Gasteiger partial charge in [0.05, 0.1) is 6.26 Å². The van der Waals surface area contributed by atoms with Crippen molar-refractivity contribution in [3.63, 3.8) is 0 Å². The standard InChI is InChI=1S/C10H9N3O/c11-10(8-4-3-7-14-8)13-9-5-1-2-6-12-9/h1-7H,(H2,11,12,13). The molecule has 0 saturated carbocycles. The summed E-state index contributed by atoms with van der Waals surface area (Å²) in [6.45, 7) is 0. The summed E-state index contributed by atoms with van der Waals surface area (Å²) in [4.78, 5) is 8.11. The number of aliphatic imine (C=N–C) groups is 1. The van der Waals surface area contributed by atoms with Crippen LogP contribution in [0.25, 0.3) is 0 Å². The number of hydrogen-bond acceptors (Lipinski definition) is 3. The summed E-state index contributed by atoms with van der Waals surface area (Å²) in [6, 6.07) is 8.96. The molecule has 0 amide bonds. The van der Waals surface area contributed by atoms with Crippen molar-refractivity contribution < 1.29 is 4.42 Å². The number of nitrogens with two attached hydrogens (primary N) is 1. The van der Waals surface area contributed by atoms with E-state index >= 15 is 0 Å². The van der Waals surface area contributed by atoms with Crippen molar-refractivity contribution in [1.29, 1.82) is 0 Å². The highest BCUT2D eigenvalue weighted by Crippen LogP contribution is 2.07. The first-order chi connectivity index (χ1) is 6.86. The molecule has 0 fully saturated rings. The molecule has 14 heavy (non-hydrogen) atoms. The largest absolute Gasteiger partial charge is 0.461 e. The molecule has 2 rings (SSSR count). The van der Waals surface area contributed by atoms with Gasteiger partial charge in [-0.2, -0.15) is 0 Å². The smallest absolute Gasteiger partial charge is 0.169 e. The zero-order valence-electron chi connectivity index (χ0n) is 7.42. The molecular weight excluding hydrogens is 178 g/mol. The number of nitrogens with zero attached hydrogens (tertiary/aromatic N) is 2. The second-order valence-corrected chi connectivity index (χ2v) is 2.66. The highest BCUT2D eigenvalue weighted by Gasteiger charge is 2.00. The Morgan fingerprint density at radius 3 is 2.86 bits per heavy atom. The zero-order valence-corrected chi connectivity index (χ0v) is 7.42. The molecule has 0 bridgehead atoms. The highest BCUT2D eigenvalue weighted by atomic mass is 16.3. The molecule has 2 aromatic rings. The van der Waals surface area contributed by atoms with Crippen molar-refractivity contribution in [2.45, 2.75) is 0 Å². The van der Waals surface area contributed by atoms with Crippen LogP contribution in [0.5, 0.6) is 0 Å². The second kappa shape index (κ2) is 3.74. The van der Waals surface area contributed by atoms with Crippen molar-refractivity contribution in [2.75, 3.05) is 0 Å². The highest BCUT2D eigenvalue weighted by molar-refractivity contribution is 5.96. The lowest BCUT2D eigenvalue weighted by Gasteiger charge is -1.95. The Kier molecular flexibility index (Phi) is 2.27. The molecule has 2 N–H and O–H groups in total. The number of amidine groups is 1. The van der Waals surface area contributed by atoms with Crippen LogP contribution in [-0.4, -0.2) is 10.8 Å². The number of hydrogen-bond donors (Lipinski definition) is 1. The molecule has 0 aliphatic heterocycles. The average Bonchev–Trinajstić information content (AvgIpc) is 2.72. The summed E-state index contributed by atoms with van der Waals surface area (Å²) >= 11 is 0. The molecule has 0 spiro atoms. The third-order valence-electron chi connectivity index (χ3n) is 1.66. The van der Waals surface area contributed by atoms with E-state index in [0.29, 0.717) is 17.4 Å². The molecule has 70 valence electrons. The molecule has 0 aliphatic carbocycles. The Hall–Kier alpha value is -2.10. The number of furan rings is 1. The van der Waals surface area contributed by atoms with Crippen LogP contribution in [0.2, 0.25) is 0 Å². The van der Waals surface area contributed by atoms with Crippen LogP contribution in [0.3, 0.4) is 0 Å². The maximum Gasteiger partial charge on any atom is 0.169 e. The minimum atomic E-state index is 0.328. The SMILES string of the molecule is N/C(=N\c1ccccn1)c1ccco1. The van der Waals surface area contributed by atoms with E-state index in [-0.39, 0.29) is 0 Å². The lowest BCUT2D eigenvalue weighted by molar-refractivity contribution is 0.557. The predicted molar refractivity (Wildman–Crippen MR) is 53.3 cm³/mol. The Bertz CT molecular complexity index is 420. The van der Waals surface area contributed by atoms with Crippen LogP contribution in [0.1, 0.15) is 5.76 Å². The molecule has 0 unspecified atom stereocenters. The van der Waals surface area contributed by atoms with Crippen molar-refractivity contribution >= 4 is 11.7 Å². The first kappa shape index (κ1) is 8.50. The number of aromatic nitrogens is 1. The normalized spacial score (nSPS) is 11.6. The number of pyridine rings is 1. The molecule has 4 heteroatoms. The van der Waals surface area contributed by atoms with Gasteiger partial charge >= 0.3 is 0 Å². The molecule has 0 aromatic carbocycles. The van der Waals surface area contributed by atoms with Gasteiger partial charge in [0, 0.05) is 6.20 Å². The fourth-order valence-electron chi connectivity index (χ4n) is 1.02. The van der Waals surface area contributed by atoms with E-state index in [1.807, 2.05) is 12.1 Å². The third-order valence-corrected chi connectivity index (χ3v) is 1.66.